The van der Waals surface area contributed by atoms with E-state index in [4.69, 9.17) is 16.3 Å². The summed E-state index contributed by atoms with van der Waals surface area (Å²) in [6.45, 7) is 4.69. The summed E-state index contributed by atoms with van der Waals surface area (Å²) in [5, 5.41) is 4.34. The molecule has 3 aromatic rings. The molecule has 0 unspecified atom stereocenters. The predicted molar refractivity (Wildman–Crippen MR) is 107 cm³/mol. The number of nitrogens with one attached hydrogen (secondary N) is 1. The van der Waals surface area contributed by atoms with Crippen LogP contribution in [0, 0.1) is 5.82 Å². The van der Waals surface area contributed by atoms with Gasteiger partial charge in [0.15, 0.2) is 0 Å². The molecule has 0 amide bonds. The van der Waals surface area contributed by atoms with E-state index in [0.717, 1.165) is 16.7 Å². The van der Waals surface area contributed by atoms with Crippen molar-refractivity contribution in [2.45, 2.75) is 19.6 Å². The van der Waals surface area contributed by atoms with Crippen LogP contribution in [0.3, 0.4) is 0 Å². The van der Waals surface area contributed by atoms with E-state index in [1.165, 1.54) is 16.7 Å². The van der Waals surface area contributed by atoms with Gasteiger partial charge in [-0.25, -0.2) is 4.39 Å². The molecule has 0 spiro atoms. The first kappa shape index (κ1) is 19.1. The number of aromatic nitrogens is 1. The molecule has 6 heteroatoms. The number of pyridine rings is 1. The summed E-state index contributed by atoms with van der Waals surface area (Å²) < 4.78 is 20.4. The molecule has 0 saturated heterocycles. The van der Waals surface area contributed by atoms with Gasteiger partial charge in [0.2, 0.25) is 0 Å². The summed E-state index contributed by atoms with van der Waals surface area (Å²) in [5.41, 5.74) is 1.84. The Morgan fingerprint density at radius 2 is 1.93 bits per heavy atom. The first-order valence-corrected chi connectivity index (χ1v) is 8.85. The Labute approximate surface area is 161 Å². The maximum atomic E-state index is 13.7. The fourth-order valence-electron chi connectivity index (χ4n) is 3.04. The van der Waals surface area contributed by atoms with Crippen molar-refractivity contribution in [3.05, 3.63) is 87.4 Å². The normalized spacial score (nSPS) is 10.9. The number of benzene rings is 2. The molecule has 0 atom stereocenters. The number of nitrogens with zero attached hydrogens (tertiary/aromatic N) is 1. The molecule has 1 N–H and O–H groups in total. The highest BCUT2D eigenvalue weighted by Crippen LogP contribution is 2.19. The third-order valence-corrected chi connectivity index (χ3v) is 4.41. The van der Waals surface area contributed by atoms with Crippen molar-refractivity contribution < 1.29 is 9.13 Å². The molecular weight excluding hydrogens is 367 g/mol. The molecule has 27 heavy (non-hydrogen) atoms. The molecule has 0 aliphatic carbocycles. The lowest BCUT2D eigenvalue weighted by Gasteiger charge is -2.14. The van der Waals surface area contributed by atoms with Crippen LogP contribution in [0.1, 0.15) is 11.1 Å². The lowest BCUT2D eigenvalue weighted by atomic mass is 10.1. The molecule has 0 aliphatic rings. The van der Waals surface area contributed by atoms with Crippen LogP contribution in [0.2, 0.25) is 0 Å². The van der Waals surface area contributed by atoms with Gasteiger partial charge in [-0.1, -0.05) is 36.4 Å². The summed E-state index contributed by atoms with van der Waals surface area (Å²) >= 11 is 5.92. The molecule has 1 aromatic heterocycles. The number of fused-ring (bicyclic) bond motifs is 1. The lowest BCUT2D eigenvalue weighted by molar-refractivity contribution is 0.407. The quantitative estimate of drug-likeness (QED) is 0.662. The maximum Gasteiger partial charge on any atom is 0.255 e. The largest absolute Gasteiger partial charge is 0.496 e. The Morgan fingerprint density at radius 1 is 1.19 bits per heavy atom. The van der Waals surface area contributed by atoms with E-state index in [1.807, 2.05) is 24.3 Å². The molecule has 0 aliphatic heterocycles. The van der Waals surface area contributed by atoms with E-state index in [1.54, 1.807) is 19.2 Å². The Balaban J connectivity index is 1.90. The second kappa shape index (κ2) is 8.37. The highest BCUT2D eigenvalue weighted by atomic mass is 35.5. The van der Waals surface area contributed by atoms with E-state index in [2.05, 4.69) is 11.9 Å². The zero-order chi connectivity index (χ0) is 19.4. The van der Waals surface area contributed by atoms with Crippen LogP contribution in [0.4, 0.5) is 4.39 Å². The number of halogens is 2. The van der Waals surface area contributed by atoms with Crippen LogP contribution in [0.15, 0.2) is 64.9 Å². The fraction of sp³-hybridized carbons (Fsp3) is 0.190. The van der Waals surface area contributed by atoms with E-state index < -0.39 is 5.82 Å². The second-order valence-corrected chi connectivity index (χ2v) is 6.73. The van der Waals surface area contributed by atoms with E-state index >= 15 is 0 Å². The summed E-state index contributed by atoms with van der Waals surface area (Å²) in [5.74, 6) is 0.382. The highest BCUT2D eigenvalue weighted by Gasteiger charge is 2.11. The molecule has 1 heterocycles. The van der Waals surface area contributed by atoms with Crippen molar-refractivity contribution >= 4 is 22.5 Å². The van der Waals surface area contributed by atoms with Crippen LogP contribution < -0.4 is 15.6 Å². The van der Waals surface area contributed by atoms with Crippen molar-refractivity contribution in [3.63, 3.8) is 0 Å². The highest BCUT2D eigenvalue weighted by molar-refractivity contribution is 6.29. The predicted octanol–water partition coefficient (Wildman–Crippen LogP) is 4.19. The average Bonchev–Trinajstić information content (AvgIpc) is 2.65. The molecule has 0 saturated carbocycles. The third kappa shape index (κ3) is 4.38. The standard InChI is InChI=1S/C21H20ClFN2O2/c1-14(22)13-25-19-10-18(23)8-7-15(19)9-17(21(25)26)12-24-11-16-5-3-4-6-20(16)27-2/h3-10,24H,1,11-13H2,2H3. The van der Waals surface area contributed by atoms with Gasteiger partial charge < -0.3 is 14.6 Å². The van der Waals surface area contributed by atoms with Crippen molar-refractivity contribution in [1.29, 1.82) is 0 Å². The molecule has 4 nitrogen and oxygen atoms in total. The van der Waals surface area contributed by atoms with Crippen molar-refractivity contribution in [2.24, 2.45) is 0 Å². The zero-order valence-corrected chi connectivity index (χ0v) is 15.7. The summed E-state index contributed by atoms with van der Waals surface area (Å²) in [6, 6.07) is 13.8. The van der Waals surface area contributed by atoms with Gasteiger partial charge in [-0.15, -0.1) is 0 Å². The first-order chi connectivity index (χ1) is 13.0. The van der Waals surface area contributed by atoms with Crippen LogP contribution in [-0.4, -0.2) is 11.7 Å². The van der Waals surface area contributed by atoms with Gasteiger partial charge in [-0.3, -0.25) is 4.79 Å². The Bertz CT molecular complexity index is 1050. The van der Waals surface area contributed by atoms with Crippen LogP contribution in [0.25, 0.3) is 10.9 Å². The third-order valence-electron chi connectivity index (χ3n) is 4.29. The number of ether oxygens (including phenoxy) is 1. The lowest BCUT2D eigenvalue weighted by Crippen LogP contribution is -2.27. The van der Waals surface area contributed by atoms with Crippen molar-refractivity contribution in [3.8, 4) is 5.75 Å². The molecule has 0 radical (unpaired) electrons. The van der Waals surface area contributed by atoms with Gasteiger partial charge in [0.1, 0.15) is 11.6 Å². The number of rotatable bonds is 7. The maximum absolute atomic E-state index is 13.7. The van der Waals surface area contributed by atoms with Gasteiger partial charge in [0, 0.05) is 29.2 Å². The number of hydrogen-bond donors (Lipinski definition) is 1. The Morgan fingerprint density at radius 3 is 2.67 bits per heavy atom. The zero-order valence-electron chi connectivity index (χ0n) is 15.0. The van der Waals surface area contributed by atoms with Crippen LogP contribution in [-0.2, 0) is 19.6 Å². The molecule has 140 valence electrons. The van der Waals surface area contributed by atoms with Gasteiger partial charge >= 0.3 is 0 Å². The fourth-order valence-corrected chi connectivity index (χ4v) is 3.16. The Hall–Kier alpha value is -2.63. The van der Waals surface area contributed by atoms with Gasteiger partial charge in [0.25, 0.3) is 5.56 Å². The minimum absolute atomic E-state index is 0.126. The molecule has 2 aromatic carbocycles. The summed E-state index contributed by atoms with van der Waals surface area (Å²) in [4.78, 5) is 12.9. The molecule has 0 bridgehead atoms. The summed E-state index contributed by atoms with van der Waals surface area (Å²) in [6.07, 6.45) is 0. The van der Waals surface area contributed by atoms with Gasteiger partial charge in [-0.2, -0.15) is 0 Å². The SMILES string of the molecule is C=C(Cl)Cn1c(=O)c(CNCc2ccccc2OC)cc2ccc(F)cc21. The van der Waals surface area contributed by atoms with E-state index in [9.17, 15) is 9.18 Å². The first-order valence-electron chi connectivity index (χ1n) is 8.47. The molecule has 0 fully saturated rings. The number of para-hydroxylation sites is 1. The average molecular weight is 387 g/mol. The minimum Gasteiger partial charge on any atom is -0.496 e. The van der Waals surface area contributed by atoms with Crippen LogP contribution >= 0.6 is 11.6 Å². The number of allylic oxidation sites excluding steroid dienone is 1. The second-order valence-electron chi connectivity index (χ2n) is 6.20. The van der Waals surface area contributed by atoms with E-state index in [0.29, 0.717) is 29.2 Å². The topological polar surface area (TPSA) is 43.3 Å². The van der Waals surface area contributed by atoms with Gasteiger partial charge in [0.05, 0.1) is 19.2 Å². The minimum atomic E-state index is -0.405. The van der Waals surface area contributed by atoms with Crippen molar-refractivity contribution in [2.75, 3.05) is 7.11 Å². The van der Waals surface area contributed by atoms with Crippen molar-refractivity contribution in [1.82, 2.24) is 9.88 Å². The monoisotopic (exact) mass is 386 g/mol. The van der Waals surface area contributed by atoms with Crippen LogP contribution in [0.5, 0.6) is 5.75 Å². The molecule has 3 rings (SSSR count). The number of hydrogen-bond acceptors (Lipinski definition) is 3. The Kier molecular flexibility index (Phi) is 5.94. The van der Waals surface area contributed by atoms with Gasteiger partial charge in [-0.05, 0) is 35.7 Å². The van der Waals surface area contributed by atoms with E-state index in [-0.39, 0.29) is 12.1 Å². The number of methoxy groups -OCH3 is 1. The smallest absolute Gasteiger partial charge is 0.255 e. The molecular formula is C21H20ClFN2O2. The summed E-state index contributed by atoms with van der Waals surface area (Å²) in [7, 11) is 1.62.